The van der Waals surface area contributed by atoms with Gasteiger partial charge in [-0.2, -0.15) is 0 Å². The van der Waals surface area contributed by atoms with E-state index in [2.05, 4.69) is 22.1 Å². The van der Waals surface area contributed by atoms with Gasteiger partial charge >= 0.3 is 6.09 Å². The number of rotatable bonds is 2. The number of hydrogen-bond acceptors (Lipinski definition) is 3. The van der Waals surface area contributed by atoms with Crippen LogP contribution in [0.3, 0.4) is 0 Å². The van der Waals surface area contributed by atoms with Gasteiger partial charge in [-0.15, -0.1) is 0 Å². The molecular weight excluding hydrogens is 324 g/mol. The zero-order valence-electron chi connectivity index (χ0n) is 13.9. The number of carbonyl (C=O) groups excluding carboxylic acids is 1. The van der Waals surface area contributed by atoms with Gasteiger partial charge in [-0.25, -0.2) is 4.79 Å². The summed E-state index contributed by atoms with van der Waals surface area (Å²) in [5, 5.41) is 2.85. The van der Waals surface area contributed by atoms with Gasteiger partial charge in [0.15, 0.2) is 6.10 Å². The molecule has 1 aliphatic rings. The van der Waals surface area contributed by atoms with Crippen LogP contribution in [0.25, 0.3) is 0 Å². The Morgan fingerprint density at radius 1 is 0.885 bits per heavy atom. The lowest BCUT2D eigenvalue weighted by Gasteiger charge is -2.16. The number of aromatic nitrogens is 1. The van der Waals surface area contributed by atoms with E-state index in [1.165, 1.54) is 0 Å². The Hall–Kier alpha value is -3.58. The molecule has 1 aromatic heterocycles. The second-order valence-electron chi connectivity index (χ2n) is 5.94. The van der Waals surface area contributed by atoms with Crippen molar-refractivity contribution in [2.75, 3.05) is 0 Å². The fourth-order valence-corrected chi connectivity index (χ4v) is 2.91. The van der Waals surface area contributed by atoms with Gasteiger partial charge in [-0.05, 0) is 29.8 Å². The molecule has 1 unspecified atom stereocenters. The molecule has 4 nitrogen and oxygen atoms in total. The summed E-state index contributed by atoms with van der Waals surface area (Å²) < 4.78 is 5.46. The largest absolute Gasteiger partial charge is 0.439 e. The highest BCUT2D eigenvalue weighted by Crippen LogP contribution is 2.35. The molecule has 2 heterocycles. The van der Waals surface area contributed by atoms with Gasteiger partial charge in [0.1, 0.15) is 6.04 Å². The van der Waals surface area contributed by atoms with Crippen molar-refractivity contribution in [3.8, 4) is 11.8 Å². The normalized spacial score (nSPS) is 18.4. The quantitative estimate of drug-likeness (QED) is 0.717. The molecule has 0 bridgehead atoms. The molecule has 1 aliphatic heterocycles. The van der Waals surface area contributed by atoms with Gasteiger partial charge in [0.05, 0.1) is 5.69 Å². The topological polar surface area (TPSA) is 51.2 Å². The van der Waals surface area contributed by atoms with Gasteiger partial charge in [0.2, 0.25) is 0 Å². The van der Waals surface area contributed by atoms with Gasteiger partial charge in [0.25, 0.3) is 0 Å². The monoisotopic (exact) mass is 340 g/mol. The SMILES string of the molecule is O=C1N[C@H](c2cc(C#Cc3ccccc3)ccn2)C(c2ccccc2)O1. The third-order valence-electron chi connectivity index (χ3n) is 4.16. The molecule has 0 radical (unpaired) electrons. The lowest BCUT2D eigenvalue weighted by atomic mass is 9.99. The minimum absolute atomic E-state index is 0.344. The van der Waals surface area contributed by atoms with E-state index in [9.17, 15) is 4.79 Å². The Kier molecular flexibility index (Phi) is 4.36. The van der Waals surface area contributed by atoms with E-state index in [-0.39, 0.29) is 6.04 Å². The van der Waals surface area contributed by atoms with Crippen LogP contribution in [0.2, 0.25) is 0 Å². The summed E-state index contributed by atoms with van der Waals surface area (Å²) in [7, 11) is 0. The summed E-state index contributed by atoms with van der Waals surface area (Å²) in [6.45, 7) is 0. The van der Waals surface area contributed by atoms with Crippen LogP contribution in [0.5, 0.6) is 0 Å². The van der Waals surface area contributed by atoms with Crippen molar-refractivity contribution in [3.63, 3.8) is 0 Å². The summed E-state index contributed by atoms with van der Waals surface area (Å²) >= 11 is 0. The van der Waals surface area contributed by atoms with Gasteiger partial charge in [-0.1, -0.05) is 60.4 Å². The van der Waals surface area contributed by atoms with E-state index in [1.807, 2.05) is 72.8 Å². The number of pyridine rings is 1. The number of nitrogens with zero attached hydrogens (tertiary/aromatic N) is 1. The molecule has 2 aromatic carbocycles. The zero-order chi connectivity index (χ0) is 17.8. The van der Waals surface area contributed by atoms with E-state index < -0.39 is 12.2 Å². The first kappa shape index (κ1) is 15.9. The lowest BCUT2D eigenvalue weighted by Crippen LogP contribution is -2.20. The fourth-order valence-electron chi connectivity index (χ4n) is 2.91. The van der Waals surface area contributed by atoms with E-state index >= 15 is 0 Å². The smallest absolute Gasteiger partial charge is 0.408 e. The van der Waals surface area contributed by atoms with Crippen LogP contribution >= 0.6 is 0 Å². The number of nitrogens with one attached hydrogen (secondary N) is 1. The predicted molar refractivity (Wildman–Crippen MR) is 98.2 cm³/mol. The molecule has 1 saturated heterocycles. The highest BCUT2D eigenvalue weighted by Gasteiger charge is 2.37. The summed E-state index contributed by atoms with van der Waals surface area (Å²) in [4.78, 5) is 16.2. The standard InChI is InChI=1S/C22H16N2O2/c25-22-24-20(21(26-22)18-9-5-2-6-10-18)19-15-17(13-14-23-19)12-11-16-7-3-1-4-8-16/h1-10,13-15,20-21H,(H,24,25)/t20-,21?/m1/s1. The molecule has 4 heteroatoms. The molecule has 4 rings (SSSR count). The number of alkyl carbamates (subject to hydrolysis) is 1. The Labute approximate surface area is 151 Å². The molecule has 26 heavy (non-hydrogen) atoms. The number of benzene rings is 2. The number of hydrogen-bond donors (Lipinski definition) is 1. The molecule has 1 N–H and O–H groups in total. The Morgan fingerprint density at radius 2 is 1.58 bits per heavy atom. The maximum absolute atomic E-state index is 11.8. The molecule has 1 fully saturated rings. The van der Waals surface area contributed by atoms with Crippen LogP contribution in [-0.2, 0) is 4.74 Å². The molecule has 3 aromatic rings. The van der Waals surface area contributed by atoms with Gasteiger partial charge in [0, 0.05) is 17.3 Å². The zero-order valence-corrected chi connectivity index (χ0v) is 13.9. The summed E-state index contributed by atoms with van der Waals surface area (Å²) in [5.41, 5.74) is 3.44. The van der Waals surface area contributed by atoms with Crippen LogP contribution < -0.4 is 5.32 Å². The molecule has 1 amide bonds. The first-order chi connectivity index (χ1) is 12.8. The van der Waals surface area contributed by atoms with Crippen molar-refractivity contribution in [1.29, 1.82) is 0 Å². The van der Waals surface area contributed by atoms with Crippen LogP contribution in [0.4, 0.5) is 4.79 Å². The van der Waals surface area contributed by atoms with Crippen LogP contribution in [-0.4, -0.2) is 11.1 Å². The van der Waals surface area contributed by atoms with E-state index in [4.69, 9.17) is 4.74 Å². The molecule has 0 saturated carbocycles. The number of amides is 1. The first-order valence-corrected chi connectivity index (χ1v) is 8.35. The third kappa shape index (κ3) is 3.42. The minimum Gasteiger partial charge on any atom is -0.439 e. The molecule has 0 aliphatic carbocycles. The van der Waals surface area contributed by atoms with Crippen molar-refractivity contribution in [2.45, 2.75) is 12.1 Å². The van der Waals surface area contributed by atoms with Crippen molar-refractivity contribution in [2.24, 2.45) is 0 Å². The van der Waals surface area contributed by atoms with E-state index in [0.717, 1.165) is 22.4 Å². The second-order valence-corrected chi connectivity index (χ2v) is 5.94. The highest BCUT2D eigenvalue weighted by molar-refractivity contribution is 5.71. The predicted octanol–water partition coefficient (Wildman–Crippen LogP) is 4.00. The number of ether oxygens (including phenoxy) is 1. The van der Waals surface area contributed by atoms with E-state index in [0.29, 0.717) is 0 Å². The van der Waals surface area contributed by atoms with Crippen LogP contribution in [0.1, 0.15) is 34.5 Å². The summed E-state index contributed by atoms with van der Waals surface area (Å²) in [6.07, 6.45) is 0.858. The van der Waals surface area contributed by atoms with Crippen molar-refractivity contribution >= 4 is 6.09 Å². The minimum atomic E-state index is -0.438. The maximum Gasteiger partial charge on any atom is 0.408 e. The third-order valence-corrected chi connectivity index (χ3v) is 4.16. The molecular formula is C22H16N2O2. The Balaban J connectivity index is 1.63. The fraction of sp³-hybridized carbons (Fsp3) is 0.0909. The summed E-state index contributed by atoms with van der Waals surface area (Å²) in [6, 6.07) is 22.9. The first-order valence-electron chi connectivity index (χ1n) is 8.35. The lowest BCUT2D eigenvalue weighted by molar-refractivity contribution is 0.132. The van der Waals surface area contributed by atoms with Crippen LogP contribution in [0, 0.1) is 11.8 Å². The average molecular weight is 340 g/mol. The van der Waals surface area contributed by atoms with Crippen LogP contribution in [0.15, 0.2) is 79.0 Å². The molecule has 0 spiro atoms. The number of carbonyl (C=O) groups is 1. The Morgan fingerprint density at radius 3 is 2.35 bits per heavy atom. The van der Waals surface area contributed by atoms with Crippen molar-refractivity contribution < 1.29 is 9.53 Å². The maximum atomic E-state index is 11.8. The number of cyclic esters (lactones) is 1. The highest BCUT2D eigenvalue weighted by atomic mass is 16.6. The van der Waals surface area contributed by atoms with E-state index in [1.54, 1.807) is 6.20 Å². The molecule has 2 atom stereocenters. The Bertz CT molecular complexity index is 975. The molecule has 126 valence electrons. The van der Waals surface area contributed by atoms with Crippen molar-refractivity contribution in [3.05, 3.63) is 101 Å². The van der Waals surface area contributed by atoms with Gasteiger partial charge in [-0.3, -0.25) is 4.98 Å². The van der Waals surface area contributed by atoms with Crippen molar-refractivity contribution in [1.82, 2.24) is 10.3 Å². The van der Waals surface area contributed by atoms with Gasteiger partial charge < -0.3 is 10.1 Å². The average Bonchev–Trinajstić information content (AvgIpc) is 3.10. The second kappa shape index (κ2) is 7.12. The summed E-state index contributed by atoms with van der Waals surface area (Å²) in [5.74, 6) is 6.28.